The number of hydrogen-bond acceptors (Lipinski definition) is 5. The van der Waals surface area contributed by atoms with Crippen molar-refractivity contribution < 1.29 is 23.8 Å². The fraction of sp³-hybridized carbons (Fsp3) is 0.111. The molecule has 0 atom stereocenters. The maximum atomic E-state index is 12.6. The predicted molar refractivity (Wildman–Crippen MR) is 125 cm³/mol. The third-order valence-corrected chi connectivity index (χ3v) is 4.69. The van der Waals surface area contributed by atoms with Gasteiger partial charge < -0.3 is 14.2 Å². The molecule has 0 aliphatic heterocycles. The zero-order valence-corrected chi connectivity index (χ0v) is 18.2. The van der Waals surface area contributed by atoms with Crippen molar-refractivity contribution in [1.82, 2.24) is 0 Å². The van der Waals surface area contributed by atoms with Crippen LogP contribution >= 0.6 is 0 Å². The molecule has 0 aliphatic rings. The van der Waals surface area contributed by atoms with Crippen molar-refractivity contribution >= 4 is 23.9 Å². The summed E-state index contributed by atoms with van der Waals surface area (Å²) < 4.78 is 15.8. The molecule has 0 unspecified atom stereocenters. The van der Waals surface area contributed by atoms with Crippen LogP contribution in [0.15, 0.2) is 78.9 Å². The fourth-order valence-corrected chi connectivity index (χ4v) is 2.91. The second-order valence-corrected chi connectivity index (χ2v) is 7.00. The summed E-state index contributed by atoms with van der Waals surface area (Å²) >= 11 is 0. The molecule has 3 aromatic rings. The first-order chi connectivity index (χ1) is 15.5. The molecule has 0 saturated heterocycles. The number of methoxy groups -OCH3 is 2. The van der Waals surface area contributed by atoms with E-state index in [9.17, 15) is 9.59 Å². The van der Waals surface area contributed by atoms with Crippen LogP contribution in [0.5, 0.6) is 17.2 Å². The van der Waals surface area contributed by atoms with Gasteiger partial charge in [0.25, 0.3) is 0 Å². The van der Waals surface area contributed by atoms with E-state index in [4.69, 9.17) is 14.2 Å². The van der Waals surface area contributed by atoms with Gasteiger partial charge in [-0.2, -0.15) is 0 Å². The van der Waals surface area contributed by atoms with Gasteiger partial charge in [-0.25, -0.2) is 4.79 Å². The zero-order valence-electron chi connectivity index (χ0n) is 18.2. The first-order valence-corrected chi connectivity index (χ1v) is 9.99. The van der Waals surface area contributed by atoms with Crippen LogP contribution in [0, 0.1) is 6.92 Å². The van der Waals surface area contributed by atoms with Gasteiger partial charge in [0.15, 0.2) is 5.78 Å². The van der Waals surface area contributed by atoms with E-state index in [0.29, 0.717) is 22.8 Å². The van der Waals surface area contributed by atoms with Crippen molar-refractivity contribution in [1.29, 1.82) is 0 Å². The summed E-state index contributed by atoms with van der Waals surface area (Å²) in [5.74, 6) is 0.791. The topological polar surface area (TPSA) is 61.8 Å². The molecule has 0 spiro atoms. The monoisotopic (exact) mass is 428 g/mol. The van der Waals surface area contributed by atoms with Crippen LogP contribution in [0.1, 0.15) is 27.0 Å². The Bertz CT molecular complexity index is 1140. The highest BCUT2D eigenvalue weighted by Crippen LogP contribution is 2.25. The third-order valence-electron chi connectivity index (χ3n) is 4.69. The van der Waals surface area contributed by atoms with Crippen LogP contribution in [-0.4, -0.2) is 26.0 Å². The van der Waals surface area contributed by atoms with Crippen molar-refractivity contribution in [2.45, 2.75) is 6.92 Å². The number of carbonyl (C=O) groups excluding carboxylic acids is 2. The minimum atomic E-state index is -0.464. The molecular formula is C27H24O5. The SMILES string of the molecule is COc1ccc(OC)c(C(=O)/C=C/c2ccc(OC(=O)/C=C/c3ccc(C)cc3)cc2)c1. The minimum absolute atomic E-state index is 0.211. The molecule has 0 radical (unpaired) electrons. The predicted octanol–water partition coefficient (Wildman–Crippen LogP) is 5.53. The van der Waals surface area contributed by atoms with Gasteiger partial charge in [-0.3, -0.25) is 4.79 Å². The smallest absolute Gasteiger partial charge is 0.336 e. The molecule has 0 saturated carbocycles. The Morgan fingerprint density at radius 1 is 0.719 bits per heavy atom. The standard InChI is InChI=1S/C27H24O5/c1-19-4-6-20(7-5-19)11-17-27(29)32-22-12-8-21(9-13-22)10-15-25(28)24-18-23(30-2)14-16-26(24)31-3/h4-18H,1-3H3/b15-10+,17-11+. The number of esters is 1. The van der Waals surface area contributed by atoms with E-state index in [1.165, 1.54) is 19.3 Å². The highest BCUT2D eigenvalue weighted by atomic mass is 16.5. The first kappa shape index (κ1) is 22.6. The number of benzene rings is 3. The van der Waals surface area contributed by atoms with Crippen molar-refractivity contribution in [3.63, 3.8) is 0 Å². The Kier molecular flexibility index (Phi) is 7.60. The lowest BCUT2D eigenvalue weighted by molar-refractivity contribution is -0.128. The minimum Gasteiger partial charge on any atom is -0.497 e. The summed E-state index contributed by atoms with van der Waals surface area (Å²) in [6.45, 7) is 2.01. The average molecular weight is 428 g/mol. The molecule has 5 heteroatoms. The highest BCUT2D eigenvalue weighted by Gasteiger charge is 2.11. The molecule has 0 N–H and O–H groups in total. The van der Waals surface area contributed by atoms with E-state index in [1.54, 1.807) is 61.7 Å². The lowest BCUT2D eigenvalue weighted by Gasteiger charge is -2.07. The van der Waals surface area contributed by atoms with Crippen molar-refractivity contribution in [3.8, 4) is 17.2 Å². The number of hydrogen-bond donors (Lipinski definition) is 0. The average Bonchev–Trinajstić information content (AvgIpc) is 2.82. The Hall–Kier alpha value is -4.12. The summed E-state index contributed by atoms with van der Waals surface area (Å²) in [5, 5.41) is 0. The van der Waals surface area contributed by atoms with Crippen molar-refractivity contribution in [2.75, 3.05) is 14.2 Å². The summed E-state index contributed by atoms with van der Waals surface area (Å²) in [6.07, 6.45) is 6.24. The maximum Gasteiger partial charge on any atom is 0.336 e. The highest BCUT2D eigenvalue weighted by molar-refractivity contribution is 6.08. The fourth-order valence-electron chi connectivity index (χ4n) is 2.91. The molecule has 162 valence electrons. The number of ketones is 1. The second kappa shape index (κ2) is 10.8. The van der Waals surface area contributed by atoms with Gasteiger partial charge in [-0.15, -0.1) is 0 Å². The Labute approximate surface area is 187 Å². The Morgan fingerprint density at radius 3 is 1.94 bits per heavy atom. The van der Waals surface area contributed by atoms with E-state index >= 15 is 0 Å². The van der Waals surface area contributed by atoms with Crippen LogP contribution in [-0.2, 0) is 4.79 Å². The molecule has 0 amide bonds. The number of rotatable bonds is 8. The van der Waals surface area contributed by atoms with E-state index in [1.807, 2.05) is 31.2 Å². The first-order valence-electron chi connectivity index (χ1n) is 9.99. The molecule has 0 aliphatic carbocycles. The van der Waals surface area contributed by atoms with E-state index in [2.05, 4.69) is 0 Å². The largest absolute Gasteiger partial charge is 0.497 e. The van der Waals surface area contributed by atoms with Gasteiger partial charge in [0.1, 0.15) is 17.2 Å². The molecule has 3 aromatic carbocycles. The molecule has 0 bridgehead atoms. The van der Waals surface area contributed by atoms with Crippen LogP contribution < -0.4 is 14.2 Å². The van der Waals surface area contributed by atoms with Gasteiger partial charge in [0.05, 0.1) is 19.8 Å². The lowest BCUT2D eigenvalue weighted by atomic mass is 10.1. The van der Waals surface area contributed by atoms with Gasteiger partial charge >= 0.3 is 5.97 Å². The van der Waals surface area contributed by atoms with Crippen LogP contribution in [0.2, 0.25) is 0 Å². The summed E-state index contributed by atoms with van der Waals surface area (Å²) in [7, 11) is 3.05. The van der Waals surface area contributed by atoms with Crippen LogP contribution in [0.4, 0.5) is 0 Å². The zero-order chi connectivity index (χ0) is 22.9. The Balaban J connectivity index is 1.62. The van der Waals surface area contributed by atoms with Crippen molar-refractivity contribution in [2.24, 2.45) is 0 Å². The second-order valence-electron chi connectivity index (χ2n) is 7.00. The molecule has 5 nitrogen and oxygen atoms in total. The van der Waals surface area contributed by atoms with E-state index in [-0.39, 0.29) is 5.78 Å². The normalized spacial score (nSPS) is 11.0. The molecule has 0 aromatic heterocycles. The number of carbonyl (C=O) groups is 2. The molecule has 3 rings (SSSR count). The van der Waals surface area contributed by atoms with Crippen LogP contribution in [0.3, 0.4) is 0 Å². The summed E-state index contributed by atoms with van der Waals surface area (Å²) in [6, 6.07) is 19.8. The van der Waals surface area contributed by atoms with E-state index in [0.717, 1.165) is 16.7 Å². The number of ether oxygens (including phenoxy) is 3. The van der Waals surface area contributed by atoms with Gasteiger partial charge in [-0.1, -0.05) is 48.0 Å². The maximum absolute atomic E-state index is 12.6. The van der Waals surface area contributed by atoms with Gasteiger partial charge in [0, 0.05) is 6.08 Å². The molecule has 32 heavy (non-hydrogen) atoms. The Morgan fingerprint density at radius 2 is 1.31 bits per heavy atom. The molecule has 0 heterocycles. The third kappa shape index (κ3) is 6.19. The number of allylic oxidation sites excluding steroid dienone is 1. The summed E-state index contributed by atoms with van der Waals surface area (Å²) in [5.41, 5.74) is 3.28. The van der Waals surface area contributed by atoms with Crippen LogP contribution in [0.25, 0.3) is 12.2 Å². The van der Waals surface area contributed by atoms with Gasteiger partial charge in [0.2, 0.25) is 0 Å². The van der Waals surface area contributed by atoms with Gasteiger partial charge in [-0.05, 0) is 60.5 Å². The van der Waals surface area contributed by atoms with Crippen molar-refractivity contribution in [3.05, 3.63) is 101 Å². The number of aryl methyl sites for hydroxylation is 1. The summed E-state index contributed by atoms with van der Waals surface area (Å²) in [4.78, 5) is 24.6. The molecule has 0 fully saturated rings. The molecular weight excluding hydrogens is 404 g/mol. The quantitative estimate of drug-likeness (QED) is 0.204. The lowest BCUT2D eigenvalue weighted by Crippen LogP contribution is -2.03. The van der Waals surface area contributed by atoms with E-state index < -0.39 is 5.97 Å².